The highest BCUT2D eigenvalue weighted by molar-refractivity contribution is 5.92. The van der Waals surface area contributed by atoms with Crippen LogP contribution in [-0.4, -0.2) is 18.0 Å². The average Bonchev–Trinajstić information content (AvgIpc) is 2.34. The quantitative estimate of drug-likeness (QED) is 0.448. The summed E-state index contributed by atoms with van der Waals surface area (Å²) in [6, 6.07) is 4.47. The number of rotatable bonds is 5. The molecule has 0 aromatic heterocycles. The molecule has 0 aliphatic heterocycles. The third-order valence-corrected chi connectivity index (χ3v) is 2.53. The van der Waals surface area contributed by atoms with Crippen LogP contribution in [0.2, 0.25) is 0 Å². The first-order valence-corrected chi connectivity index (χ1v) is 5.46. The number of methoxy groups -OCH3 is 1. The van der Waals surface area contributed by atoms with Gasteiger partial charge in [-0.3, -0.25) is 10.1 Å². The summed E-state index contributed by atoms with van der Waals surface area (Å²) in [6.45, 7) is 1.99. The Bertz CT molecular complexity index is 429. The lowest BCUT2D eigenvalue weighted by atomic mass is 10.00. The maximum Gasteiger partial charge on any atom is 0.338 e. The van der Waals surface area contributed by atoms with Gasteiger partial charge < -0.3 is 4.74 Å². The zero-order valence-corrected chi connectivity index (χ0v) is 9.93. The second kappa shape index (κ2) is 5.98. The molecule has 5 heteroatoms. The summed E-state index contributed by atoms with van der Waals surface area (Å²) in [7, 11) is 1.27. The molecule has 1 aromatic rings. The number of nitro benzene ring substituents is 1. The molecule has 1 rings (SSSR count). The summed E-state index contributed by atoms with van der Waals surface area (Å²) >= 11 is 0. The van der Waals surface area contributed by atoms with Gasteiger partial charge in [-0.25, -0.2) is 4.79 Å². The average molecular weight is 237 g/mol. The van der Waals surface area contributed by atoms with E-state index in [0.717, 1.165) is 12.8 Å². The molecule has 0 unspecified atom stereocenters. The Kier molecular flexibility index (Phi) is 4.63. The lowest BCUT2D eigenvalue weighted by Crippen LogP contribution is -2.08. The van der Waals surface area contributed by atoms with Gasteiger partial charge in [-0.1, -0.05) is 19.4 Å². The van der Waals surface area contributed by atoms with Crippen LogP contribution in [0.5, 0.6) is 0 Å². The maximum atomic E-state index is 11.5. The predicted molar refractivity (Wildman–Crippen MR) is 63.0 cm³/mol. The van der Waals surface area contributed by atoms with E-state index in [0.29, 0.717) is 12.0 Å². The largest absolute Gasteiger partial charge is 0.465 e. The van der Waals surface area contributed by atoms with Gasteiger partial charge in [-0.15, -0.1) is 0 Å². The van der Waals surface area contributed by atoms with Gasteiger partial charge in [0.05, 0.1) is 17.6 Å². The molecule has 5 nitrogen and oxygen atoms in total. The molecule has 0 atom stereocenters. The smallest absolute Gasteiger partial charge is 0.338 e. The number of carbonyl (C=O) groups excluding carboxylic acids is 1. The molecule has 0 radical (unpaired) electrons. The lowest BCUT2D eigenvalue weighted by Gasteiger charge is -2.07. The van der Waals surface area contributed by atoms with Gasteiger partial charge >= 0.3 is 5.97 Å². The van der Waals surface area contributed by atoms with E-state index in [1.807, 2.05) is 6.92 Å². The summed E-state index contributed by atoms with van der Waals surface area (Å²) in [5.41, 5.74) is 0.739. The Balaban J connectivity index is 3.23. The van der Waals surface area contributed by atoms with Gasteiger partial charge in [-0.2, -0.15) is 0 Å². The van der Waals surface area contributed by atoms with E-state index in [2.05, 4.69) is 4.74 Å². The van der Waals surface area contributed by atoms with Gasteiger partial charge in [-0.05, 0) is 18.9 Å². The van der Waals surface area contributed by atoms with Crippen molar-refractivity contribution >= 4 is 11.7 Å². The molecule has 17 heavy (non-hydrogen) atoms. The van der Waals surface area contributed by atoms with E-state index in [4.69, 9.17) is 0 Å². The number of nitrogens with zero attached hydrogens (tertiary/aromatic N) is 1. The van der Waals surface area contributed by atoms with Gasteiger partial charge in [0.1, 0.15) is 0 Å². The fourth-order valence-corrected chi connectivity index (χ4v) is 1.66. The van der Waals surface area contributed by atoms with E-state index < -0.39 is 10.9 Å². The number of hydrogen-bond acceptors (Lipinski definition) is 4. The van der Waals surface area contributed by atoms with Crippen LogP contribution in [0.4, 0.5) is 5.69 Å². The Morgan fingerprint density at radius 1 is 1.47 bits per heavy atom. The third kappa shape index (κ3) is 3.03. The normalized spacial score (nSPS) is 10.0. The van der Waals surface area contributed by atoms with Crippen LogP contribution < -0.4 is 0 Å². The fraction of sp³-hybridized carbons (Fsp3) is 0.417. The summed E-state index contributed by atoms with van der Waals surface area (Å²) in [5.74, 6) is -0.528. The molecule has 0 heterocycles. The summed E-state index contributed by atoms with van der Waals surface area (Å²) in [6.07, 6.45) is 2.22. The summed E-state index contributed by atoms with van der Waals surface area (Å²) in [5, 5.41) is 10.9. The molecule has 0 aliphatic rings. The highest BCUT2D eigenvalue weighted by Gasteiger charge is 2.21. The molecule has 0 bridgehead atoms. The number of benzene rings is 1. The highest BCUT2D eigenvalue weighted by atomic mass is 16.6. The Labute approximate surface area is 99.5 Å². The van der Waals surface area contributed by atoms with Crippen molar-refractivity contribution in [3.8, 4) is 0 Å². The number of ether oxygens (including phenoxy) is 1. The van der Waals surface area contributed by atoms with Gasteiger partial charge in [0.2, 0.25) is 0 Å². The molecule has 1 aromatic carbocycles. The number of carbonyl (C=O) groups is 1. The van der Waals surface area contributed by atoms with Crippen LogP contribution in [0.25, 0.3) is 0 Å². The molecule has 0 aliphatic carbocycles. The first-order valence-electron chi connectivity index (χ1n) is 5.46. The van der Waals surface area contributed by atoms with Crippen LogP contribution in [0.1, 0.15) is 35.7 Å². The minimum Gasteiger partial charge on any atom is -0.465 e. The van der Waals surface area contributed by atoms with Crippen LogP contribution >= 0.6 is 0 Å². The topological polar surface area (TPSA) is 69.4 Å². The summed E-state index contributed by atoms with van der Waals surface area (Å²) < 4.78 is 4.63. The van der Waals surface area contributed by atoms with Crippen LogP contribution in [0.3, 0.4) is 0 Å². The number of nitro groups is 1. The molecule has 92 valence electrons. The zero-order valence-electron chi connectivity index (χ0n) is 9.93. The molecule has 0 spiro atoms. The van der Waals surface area contributed by atoms with Crippen molar-refractivity contribution in [1.82, 2.24) is 0 Å². The lowest BCUT2D eigenvalue weighted by molar-refractivity contribution is -0.385. The monoisotopic (exact) mass is 237 g/mol. The second-order valence-electron chi connectivity index (χ2n) is 3.66. The van der Waals surface area contributed by atoms with Crippen LogP contribution in [0.15, 0.2) is 18.2 Å². The summed E-state index contributed by atoms with van der Waals surface area (Å²) in [4.78, 5) is 22.0. The van der Waals surface area contributed by atoms with Gasteiger partial charge in [0.15, 0.2) is 0 Å². The first-order chi connectivity index (χ1) is 8.11. The van der Waals surface area contributed by atoms with E-state index in [9.17, 15) is 14.9 Å². The Morgan fingerprint density at radius 2 is 2.18 bits per heavy atom. The SMILES string of the molecule is CCCCc1c(C(=O)OC)cccc1[N+](=O)[O-]. The Morgan fingerprint density at radius 3 is 2.71 bits per heavy atom. The molecular weight excluding hydrogens is 222 g/mol. The maximum absolute atomic E-state index is 11.5. The van der Waals surface area contributed by atoms with Crippen molar-refractivity contribution in [2.45, 2.75) is 26.2 Å². The molecule has 0 N–H and O–H groups in total. The number of unbranched alkanes of at least 4 members (excludes halogenated alkanes) is 1. The predicted octanol–water partition coefficient (Wildman–Crippen LogP) is 2.72. The number of esters is 1. The fourth-order valence-electron chi connectivity index (χ4n) is 1.66. The van der Waals surface area contributed by atoms with E-state index in [1.54, 1.807) is 6.07 Å². The zero-order chi connectivity index (χ0) is 12.8. The van der Waals surface area contributed by atoms with Crippen molar-refractivity contribution in [2.24, 2.45) is 0 Å². The second-order valence-corrected chi connectivity index (χ2v) is 3.66. The van der Waals surface area contributed by atoms with Crippen molar-refractivity contribution in [1.29, 1.82) is 0 Å². The van der Waals surface area contributed by atoms with Crippen molar-refractivity contribution in [3.63, 3.8) is 0 Å². The van der Waals surface area contributed by atoms with Gasteiger partial charge in [0.25, 0.3) is 5.69 Å². The number of hydrogen-bond donors (Lipinski definition) is 0. The highest BCUT2D eigenvalue weighted by Crippen LogP contribution is 2.24. The molecule has 0 saturated carbocycles. The minimum atomic E-state index is -0.528. The molecule has 0 saturated heterocycles. The minimum absolute atomic E-state index is 0.0126. The molecule has 0 fully saturated rings. The molecule has 0 amide bonds. The van der Waals surface area contributed by atoms with E-state index in [-0.39, 0.29) is 11.3 Å². The first kappa shape index (κ1) is 13.2. The van der Waals surface area contributed by atoms with Crippen LogP contribution in [0, 0.1) is 10.1 Å². The van der Waals surface area contributed by atoms with Crippen molar-refractivity contribution in [2.75, 3.05) is 7.11 Å². The molecular formula is C12H15NO4. The van der Waals surface area contributed by atoms with Crippen LogP contribution in [-0.2, 0) is 11.2 Å². The van der Waals surface area contributed by atoms with E-state index in [1.165, 1.54) is 19.2 Å². The Hall–Kier alpha value is -1.91. The standard InChI is InChI=1S/C12H15NO4/c1-3-4-6-9-10(12(14)17-2)7-5-8-11(9)13(15)16/h5,7-8H,3-4,6H2,1-2H3. The van der Waals surface area contributed by atoms with Crippen molar-refractivity contribution < 1.29 is 14.5 Å². The van der Waals surface area contributed by atoms with Gasteiger partial charge in [0, 0.05) is 11.6 Å². The van der Waals surface area contributed by atoms with E-state index >= 15 is 0 Å². The third-order valence-electron chi connectivity index (χ3n) is 2.53. The van der Waals surface area contributed by atoms with Crippen molar-refractivity contribution in [3.05, 3.63) is 39.4 Å².